The number of rotatable bonds is 6. The number of benzene rings is 1. The molecule has 0 bridgehead atoms. The van der Waals surface area contributed by atoms with E-state index in [2.05, 4.69) is 20.0 Å². The molecule has 2 aromatic heterocycles. The van der Waals surface area contributed by atoms with Crippen molar-refractivity contribution >= 4 is 10.0 Å². The fraction of sp³-hybridized carbons (Fsp3) is 0.316. The fourth-order valence-electron chi connectivity index (χ4n) is 2.79. The van der Waals surface area contributed by atoms with Gasteiger partial charge in [0.05, 0.1) is 17.1 Å². The lowest BCUT2D eigenvalue weighted by Gasteiger charge is -2.09. The van der Waals surface area contributed by atoms with Gasteiger partial charge in [0.2, 0.25) is 10.0 Å². The topological polar surface area (TPSA) is 89.8 Å². The van der Waals surface area contributed by atoms with Crippen molar-refractivity contribution in [1.29, 1.82) is 0 Å². The molecule has 0 amide bonds. The summed E-state index contributed by atoms with van der Waals surface area (Å²) in [7, 11) is -3.64. The molecule has 0 aliphatic rings. The Morgan fingerprint density at radius 1 is 1.04 bits per heavy atom. The lowest BCUT2D eigenvalue weighted by atomic mass is 10.1. The van der Waals surface area contributed by atoms with E-state index in [1.54, 1.807) is 19.9 Å². The zero-order valence-electron chi connectivity index (χ0n) is 15.8. The van der Waals surface area contributed by atoms with Gasteiger partial charge >= 0.3 is 0 Å². The van der Waals surface area contributed by atoms with Gasteiger partial charge in [-0.1, -0.05) is 44.2 Å². The first-order chi connectivity index (χ1) is 12.8. The van der Waals surface area contributed by atoms with Crippen LogP contribution in [0.5, 0.6) is 0 Å². The van der Waals surface area contributed by atoms with E-state index in [4.69, 9.17) is 0 Å². The summed E-state index contributed by atoms with van der Waals surface area (Å²) in [5.74, 6) is 0.687. The number of aromatic nitrogens is 4. The Labute approximate surface area is 159 Å². The number of aryl methyl sites for hydroxylation is 1. The number of hydrogen-bond donors (Lipinski definition) is 1. The van der Waals surface area contributed by atoms with Crippen molar-refractivity contribution in [2.45, 2.75) is 32.6 Å². The Morgan fingerprint density at radius 3 is 2.33 bits per heavy atom. The van der Waals surface area contributed by atoms with Crippen LogP contribution in [0.2, 0.25) is 0 Å². The first-order valence-corrected chi connectivity index (χ1v) is 10.2. The van der Waals surface area contributed by atoms with Crippen molar-refractivity contribution in [3.05, 3.63) is 53.9 Å². The summed E-state index contributed by atoms with van der Waals surface area (Å²) in [4.78, 5) is 0.192. The summed E-state index contributed by atoms with van der Waals surface area (Å²) in [5, 5.41) is 12.9. The highest BCUT2D eigenvalue weighted by Gasteiger charge is 2.25. The van der Waals surface area contributed by atoms with Crippen molar-refractivity contribution in [3.63, 3.8) is 0 Å². The van der Waals surface area contributed by atoms with E-state index in [1.807, 2.05) is 50.2 Å². The third kappa shape index (κ3) is 4.06. The van der Waals surface area contributed by atoms with Gasteiger partial charge in [-0.25, -0.2) is 17.8 Å². The summed E-state index contributed by atoms with van der Waals surface area (Å²) < 4.78 is 29.5. The van der Waals surface area contributed by atoms with Crippen LogP contribution >= 0.6 is 0 Å². The van der Waals surface area contributed by atoms with Crippen LogP contribution in [0.4, 0.5) is 0 Å². The first-order valence-electron chi connectivity index (χ1n) is 8.75. The molecule has 0 spiro atoms. The molecule has 3 aromatic rings. The van der Waals surface area contributed by atoms with Gasteiger partial charge < -0.3 is 0 Å². The van der Waals surface area contributed by atoms with Crippen LogP contribution in [0.1, 0.15) is 25.2 Å². The summed E-state index contributed by atoms with van der Waals surface area (Å²) in [6, 6.07) is 13.4. The monoisotopic (exact) mass is 385 g/mol. The predicted molar refractivity (Wildman–Crippen MR) is 104 cm³/mol. The quantitative estimate of drug-likeness (QED) is 0.705. The molecule has 0 fully saturated rings. The second-order valence-electron chi connectivity index (χ2n) is 6.80. The molecular formula is C19H23N5O2S. The molecule has 2 heterocycles. The van der Waals surface area contributed by atoms with E-state index in [-0.39, 0.29) is 10.8 Å². The van der Waals surface area contributed by atoms with Crippen LogP contribution in [0.3, 0.4) is 0 Å². The zero-order valence-corrected chi connectivity index (χ0v) is 16.7. The van der Waals surface area contributed by atoms with Gasteiger partial charge in [0, 0.05) is 12.1 Å². The maximum absolute atomic E-state index is 12.7. The molecule has 1 N–H and O–H groups in total. The van der Waals surface area contributed by atoms with Gasteiger partial charge in [-0.2, -0.15) is 5.10 Å². The Balaban J connectivity index is 1.95. The van der Waals surface area contributed by atoms with Crippen molar-refractivity contribution < 1.29 is 8.42 Å². The molecular weight excluding hydrogens is 362 g/mol. The number of hydrogen-bond acceptors (Lipinski definition) is 5. The third-order valence-electron chi connectivity index (χ3n) is 4.11. The standard InChI is InChI=1S/C19H23N5O2S/c1-13(2)12-20-27(25,26)19-14(3)23-24(15(19)4)18-11-10-17(21-22-18)16-8-6-5-7-9-16/h5-11,13,20H,12H2,1-4H3. The Kier molecular flexibility index (Phi) is 5.38. The largest absolute Gasteiger partial charge is 0.244 e. The van der Waals surface area contributed by atoms with Crippen molar-refractivity contribution in [1.82, 2.24) is 24.7 Å². The van der Waals surface area contributed by atoms with Gasteiger partial charge in [0.25, 0.3) is 0 Å². The second-order valence-corrected chi connectivity index (χ2v) is 8.50. The Morgan fingerprint density at radius 2 is 1.74 bits per heavy atom. The minimum Gasteiger partial charge on any atom is -0.216 e. The van der Waals surface area contributed by atoms with Gasteiger partial charge in [0.15, 0.2) is 5.82 Å². The highest BCUT2D eigenvalue weighted by atomic mass is 32.2. The summed E-state index contributed by atoms with van der Waals surface area (Å²) in [6.07, 6.45) is 0. The van der Waals surface area contributed by atoms with E-state index >= 15 is 0 Å². The highest BCUT2D eigenvalue weighted by molar-refractivity contribution is 7.89. The van der Waals surface area contributed by atoms with Gasteiger partial charge in [-0.3, -0.25) is 0 Å². The maximum Gasteiger partial charge on any atom is 0.244 e. The van der Waals surface area contributed by atoms with E-state index in [0.717, 1.165) is 11.3 Å². The minimum atomic E-state index is -3.64. The molecule has 0 saturated heterocycles. The van der Waals surface area contributed by atoms with Crippen molar-refractivity contribution in [2.75, 3.05) is 6.54 Å². The summed E-state index contributed by atoms with van der Waals surface area (Å²) in [6.45, 7) is 7.68. The van der Waals surface area contributed by atoms with Crippen molar-refractivity contribution in [2.24, 2.45) is 5.92 Å². The third-order valence-corrected chi connectivity index (χ3v) is 5.79. The fourth-order valence-corrected chi connectivity index (χ4v) is 4.39. The Bertz CT molecular complexity index is 1030. The van der Waals surface area contributed by atoms with Gasteiger partial charge in [-0.15, -0.1) is 10.2 Å². The van der Waals surface area contributed by atoms with E-state index in [9.17, 15) is 8.42 Å². The molecule has 7 nitrogen and oxygen atoms in total. The summed E-state index contributed by atoms with van der Waals surface area (Å²) in [5.41, 5.74) is 2.64. The van der Waals surface area contributed by atoms with E-state index in [1.165, 1.54) is 4.68 Å². The highest BCUT2D eigenvalue weighted by Crippen LogP contribution is 2.22. The molecule has 0 aliphatic heterocycles. The molecule has 1 aromatic carbocycles. The smallest absolute Gasteiger partial charge is 0.216 e. The number of nitrogens with zero attached hydrogens (tertiary/aromatic N) is 4. The lowest BCUT2D eigenvalue weighted by Crippen LogP contribution is -2.28. The second kappa shape index (κ2) is 7.58. The minimum absolute atomic E-state index is 0.192. The predicted octanol–water partition coefficient (Wildman–Crippen LogP) is 2.88. The van der Waals surface area contributed by atoms with Crippen molar-refractivity contribution in [3.8, 4) is 17.1 Å². The number of sulfonamides is 1. The molecule has 8 heteroatoms. The Hall–Kier alpha value is -2.58. The lowest BCUT2D eigenvalue weighted by molar-refractivity contribution is 0.559. The number of nitrogens with one attached hydrogen (secondary N) is 1. The molecule has 0 saturated carbocycles. The molecule has 0 unspecified atom stereocenters. The van der Waals surface area contributed by atoms with Gasteiger partial charge in [0.1, 0.15) is 4.90 Å². The van der Waals surface area contributed by atoms with Crippen LogP contribution in [0, 0.1) is 19.8 Å². The average molecular weight is 385 g/mol. The molecule has 0 aliphatic carbocycles. The summed E-state index contributed by atoms with van der Waals surface area (Å²) >= 11 is 0. The molecule has 0 atom stereocenters. The molecule has 3 rings (SSSR count). The maximum atomic E-state index is 12.7. The van der Waals surface area contributed by atoms with Crippen LogP contribution in [0.15, 0.2) is 47.4 Å². The van der Waals surface area contributed by atoms with Crippen LogP contribution in [0.25, 0.3) is 17.1 Å². The first kappa shape index (κ1) is 19.2. The normalized spacial score (nSPS) is 11.9. The zero-order chi connectivity index (χ0) is 19.6. The van der Waals surface area contributed by atoms with Crippen LogP contribution in [-0.4, -0.2) is 34.9 Å². The van der Waals surface area contributed by atoms with Crippen LogP contribution in [-0.2, 0) is 10.0 Å². The molecule has 0 radical (unpaired) electrons. The van der Waals surface area contributed by atoms with E-state index in [0.29, 0.717) is 23.8 Å². The van der Waals surface area contributed by atoms with E-state index < -0.39 is 10.0 Å². The van der Waals surface area contributed by atoms with Crippen LogP contribution < -0.4 is 4.72 Å². The molecule has 142 valence electrons. The average Bonchev–Trinajstić information content (AvgIpc) is 2.96. The molecule has 27 heavy (non-hydrogen) atoms. The SMILES string of the molecule is Cc1nn(-c2ccc(-c3ccccc3)nn2)c(C)c1S(=O)(=O)NCC(C)C. The van der Waals surface area contributed by atoms with Gasteiger partial charge in [-0.05, 0) is 31.9 Å².